The number of anilines is 1. The van der Waals surface area contributed by atoms with Gasteiger partial charge in [0.1, 0.15) is 6.54 Å². The first-order valence-electron chi connectivity index (χ1n) is 8.28. The van der Waals surface area contributed by atoms with Crippen LogP contribution in [0.25, 0.3) is 0 Å². The molecule has 134 valence electrons. The monoisotopic (exact) mass is 353 g/mol. The molecule has 1 amide bonds. The third-order valence-corrected chi connectivity index (χ3v) is 5.65. The van der Waals surface area contributed by atoms with Crippen LogP contribution in [-0.4, -0.2) is 69.6 Å². The Morgan fingerprint density at radius 1 is 1.12 bits per heavy atom. The zero-order valence-electron chi connectivity index (χ0n) is 14.9. The number of likely N-dealkylation sites (N-methyl/N-ethyl adjacent to an activating group) is 1. The normalized spacial score (nSPS) is 16.2. The van der Waals surface area contributed by atoms with Crippen molar-refractivity contribution in [2.24, 2.45) is 0 Å². The zero-order valence-corrected chi connectivity index (χ0v) is 15.8. The summed E-state index contributed by atoms with van der Waals surface area (Å²) in [7, 11) is -3.54. The summed E-state index contributed by atoms with van der Waals surface area (Å²) in [5.74, 6) is -0.140. The number of benzene rings is 1. The first kappa shape index (κ1) is 18.7. The predicted octanol–water partition coefficient (Wildman–Crippen LogP) is 1.23. The number of para-hydroxylation sites is 1. The topological polar surface area (TPSA) is 60.9 Å². The van der Waals surface area contributed by atoms with Crippen molar-refractivity contribution in [2.75, 3.05) is 49.8 Å². The van der Waals surface area contributed by atoms with E-state index in [9.17, 15) is 13.2 Å². The largest absolute Gasteiger partial charge is 0.339 e. The molecular weight excluding hydrogens is 326 g/mol. The van der Waals surface area contributed by atoms with Crippen molar-refractivity contribution < 1.29 is 13.2 Å². The van der Waals surface area contributed by atoms with Gasteiger partial charge in [0.2, 0.25) is 15.9 Å². The summed E-state index contributed by atoms with van der Waals surface area (Å²) in [6.45, 7) is 9.64. The highest BCUT2D eigenvalue weighted by molar-refractivity contribution is 7.92. The van der Waals surface area contributed by atoms with E-state index in [0.717, 1.165) is 37.0 Å². The Morgan fingerprint density at radius 3 is 2.12 bits per heavy atom. The SMILES string of the molecule is CCN1CCN(C(=O)CN(c2c(C)cccc2C)S(C)(=O)=O)CC1. The summed E-state index contributed by atoms with van der Waals surface area (Å²) >= 11 is 0. The van der Waals surface area contributed by atoms with Gasteiger partial charge in [-0.05, 0) is 31.5 Å². The standard InChI is InChI=1S/C17H27N3O3S/c1-5-18-9-11-19(12-10-18)16(21)13-20(24(4,22)23)17-14(2)7-6-8-15(17)3/h6-8H,5,9-13H2,1-4H3. The zero-order chi connectivity index (χ0) is 17.9. The predicted molar refractivity (Wildman–Crippen MR) is 96.8 cm³/mol. The first-order valence-corrected chi connectivity index (χ1v) is 10.1. The maximum Gasteiger partial charge on any atom is 0.243 e. The lowest BCUT2D eigenvalue weighted by Gasteiger charge is -2.35. The minimum absolute atomic E-state index is 0.140. The molecule has 1 aromatic carbocycles. The fourth-order valence-corrected chi connectivity index (χ4v) is 4.06. The van der Waals surface area contributed by atoms with Gasteiger partial charge in [0.25, 0.3) is 0 Å². The number of aryl methyl sites for hydroxylation is 2. The third-order valence-electron chi connectivity index (χ3n) is 4.54. The van der Waals surface area contributed by atoms with Crippen LogP contribution in [0.1, 0.15) is 18.1 Å². The van der Waals surface area contributed by atoms with Gasteiger partial charge in [-0.2, -0.15) is 0 Å². The Balaban J connectivity index is 2.21. The van der Waals surface area contributed by atoms with Crippen molar-refractivity contribution in [1.29, 1.82) is 0 Å². The molecule has 0 aromatic heterocycles. The molecule has 1 fully saturated rings. The number of rotatable bonds is 5. The van der Waals surface area contributed by atoms with Crippen LogP contribution in [0, 0.1) is 13.8 Å². The molecule has 1 aliphatic heterocycles. The Hall–Kier alpha value is -1.60. The van der Waals surface area contributed by atoms with Gasteiger partial charge in [-0.15, -0.1) is 0 Å². The fourth-order valence-electron chi connectivity index (χ4n) is 3.10. The highest BCUT2D eigenvalue weighted by Crippen LogP contribution is 2.26. The molecule has 7 heteroatoms. The molecule has 1 aliphatic rings. The van der Waals surface area contributed by atoms with Crippen molar-refractivity contribution in [3.63, 3.8) is 0 Å². The van der Waals surface area contributed by atoms with Gasteiger partial charge >= 0.3 is 0 Å². The van der Waals surface area contributed by atoms with E-state index in [0.29, 0.717) is 18.8 Å². The summed E-state index contributed by atoms with van der Waals surface area (Å²) in [5, 5.41) is 0. The molecular formula is C17H27N3O3S. The van der Waals surface area contributed by atoms with Gasteiger partial charge in [-0.3, -0.25) is 9.10 Å². The highest BCUT2D eigenvalue weighted by Gasteiger charge is 2.27. The maximum atomic E-state index is 12.6. The van der Waals surface area contributed by atoms with E-state index >= 15 is 0 Å². The quantitative estimate of drug-likeness (QED) is 0.799. The summed E-state index contributed by atoms with van der Waals surface area (Å²) < 4.78 is 25.8. The number of amides is 1. The Kier molecular flexibility index (Phi) is 5.87. The average molecular weight is 353 g/mol. The van der Waals surface area contributed by atoms with Gasteiger partial charge in [0, 0.05) is 26.2 Å². The van der Waals surface area contributed by atoms with Gasteiger partial charge in [0.15, 0.2) is 0 Å². The Labute approximate surface area is 145 Å². The summed E-state index contributed by atoms with van der Waals surface area (Å²) in [4.78, 5) is 16.7. The molecule has 1 saturated heterocycles. The van der Waals surface area contributed by atoms with E-state index < -0.39 is 10.0 Å². The van der Waals surface area contributed by atoms with E-state index in [1.165, 1.54) is 4.31 Å². The van der Waals surface area contributed by atoms with Crippen molar-refractivity contribution in [3.05, 3.63) is 29.3 Å². The fraction of sp³-hybridized carbons (Fsp3) is 0.588. The molecule has 0 spiro atoms. The van der Waals surface area contributed by atoms with Crippen molar-refractivity contribution >= 4 is 21.6 Å². The second-order valence-corrected chi connectivity index (χ2v) is 8.23. The van der Waals surface area contributed by atoms with E-state index in [-0.39, 0.29) is 12.5 Å². The molecule has 0 atom stereocenters. The molecule has 0 saturated carbocycles. The van der Waals surface area contributed by atoms with Crippen LogP contribution in [0.5, 0.6) is 0 Å². The number of carbonyl (C=O) groups excluding carboxylic acids is 1. The van der Waals surface area contributed by atoms with E-state index in [2.05, 4.69) is 11.8 Å². The van der Waals surface area contributed by atoms with E-state index in [1.54, 1.807) is 4.90 Å². The van der Waals surface area contributed by atoms with E-state index in [1.807, 2.05) is 32.0 Å². The average Bonchev–Trinajstić information content (AvgIpc) is 2.52. The van der Waals surface area contributed by atoms with E-state index in [4.69, 9.17) is 0 Å². The number of carbonyl (C=O) groups is 1. The smallest absolute Gasteiger partial charge is 0.243 e. The van der Waals surface area contributed by atoms with Gasteiger partial charge in [-0.1, -0.05) is 25.1 Å². The lowest BCUT2D eigenvalue weighted by Crippen LogP contribution is -2.51. The second-order valence-electron chi connectivity index (χ2n) is 6.33. The first-order chi connectivity index (χ1) is 11.2. The number of hydrogen-bond donors (Lipinski definition) is 0. The lowest BCUT2D eigenvalue weighted by atomic mass is 10.1. The maximum absolute atomic E-state index is 12.6. The molecule has 1 aromatic rings. The van der Waals surface area contributed by atoms with Crippen molar-refractivity contribution in [1.82, 2.24) is 9.80 Å². The van der Waals surface area contributed by atoms with Crippen molar-refractivity contribution in [2.45, 2.75) is 20.8 Å². The summed E-state index contributed by atoms with van der Waals surface area (Å²) in [5.41, 5.74) is 2.31. The lowest BCUT2D eigenvalue weighted by molar-refractivity contribution is -0.131. The van der Waals surface area contributed by atoms with Crippen LogP contribution in [-0.2, 0) is 14.8 Å². The molecule has 6 nitrogen and oxygen atoms in total. The molecule has 0 bridgehead atoms. The minimum Gasteiger partial charge on any atom is -0.339 e. The van der Waals surface area contributed by atoms with Crippen LogP contribution in [0.3, 0.4) is 0 Å². The third kappa shape index (κ3) is 4.27. The van der Waals surface area contributed by atoms with Crippen LogP contribution in [0.4, 0.5) is 5.69 Å². The molecule has 24 heavy (non-hydrogen) atoms. The van der Waals surface area contributed by atoms with Gasteiger partial charge in [-0.25, -0.2) is 8.42 Å². The van der Waals surface area contributed by atoms with Gasteiger partial charge < -0.3 is 9.80 Å². The van der Waals surface area contributed by atoms with Crippen LogP contribution < -0.4 is 4.31 Å². The minimum atomic E-state index is -3.54. The summed E-state index contributed by atoms with van der Waals surface area (Å²) in [6.07, 6.45) is 1.15. The molecule has 0 radical (unpaired) electrons. The van der Waals surface area contributed by atoms with Crippen LogP contribution in [0.15, 0.2) is 18.2 Å². The highest BCUT2D eigenvalue weighted by atomic mass is 32.2. The molecule has 0 aliphatic carbocycles. The van der Waals surface area contributed by atoms with Gasteiger partial charge in [0.05, 0.1) is 11.9 Å². The number of piperazine rings is 1. The Morgan fingerprint density at radius 2 is 1.67 bits per heavy atom. The number of nitrogens with zero attached hydrogens (tertiary/aromatic N) is 3. The molecule has 2 rings (SSSR count). The molecule has 0 unspecified atom stereocenters. The van der Waals surface area contributed by atoms with Crippen molar-refractivity contribution in [3.8, 4) is 0 Å². The Bertz CT molecular complexity index is 675. The second kappa shape index (κ2) is 7.53. The number of sulfonamides is 1. The number of hydrogen-bond acceptors (Lipinski definition) is 4. The molecule has 1 heterocycles. The summed E-state index contributed by atoms with van der Waals surface area (Å²) in [6, 6.07) is 5.62. The van der Waals surface area contributed by atoms with Crippen LogP contribution >= 0.6 is 0 Å². The van der Waals surface area contributed by atoms with Crippen LogP contribution in [0.2, 0.25) is 0 Å². The molecule has 0 N–H and O–H groups in total.